The number of carbonyl (C=O) groups is 1. The Kier molecular flexibility index (Phi) is 2.29. The summed E-state index contributed by atoms with van der Waals surface area (Å²) in [7, 11) is 1.47. The molecular weight excluding hydrogens is 196 g/mol. The summed E-state index contributed by atoms with van der Waals surface area (Å²) < 4.78 is 6.55. The van der Waals surface area contributed by atoms with E-state index >= 15 is 0 Å². The number of nitrogens with zero attached hydrogens (tertiary/aromatic N) is 2. The molecule has 0 saturated heterocycles. The van der Waals surface area contributed by atoms with Gasteiger partial charge in [-0.2, -0.15) is 4.98 Å². The first kappa shape index (κ1) is 9.51. The van der Waals surface area contributed by atoms with Gasteiger partial charge in [0.05, 0.1) is 18.1 Å². The largest absolute Gasteiger partial charge is 0.480 e. The standard InChI is InChI=1S/C10H10N2O3/c1-15-10-11-7-4-2-3-5-8(7)12(10)6-9(13)14/h2-5H,6H2,1H3,(H,13,14). The normalized spacial score (nSPS) is 10.5. The lowest BCUT2D eigenvalue weighted by molar-refractivity contribution is -0.137. The molecule has 0 aliphatic rings. The molecule has 0 radical (unpaired) electrons. The Hall–Kier alpha value is -2.04. The van der Waals surface area contributed by atoms with Crippen LogP contribution in [0, 0.1) is 0 Å². The highest BCUT2D eigenvalue weighted by Gasteiger charge is 2.12. The van der Waals surface area contributed by atoms with Gasteiger partial charge in [0.2, 0.25) is 0 Å². The molecule has 78 valence electrons. The number of carboxylic acids is 1. The van der Waals surface area contributed by atoms with Gasteiger partial charge in [-0.25, -0.2) is 0 Å². The molecule has 0 fully saturated rings. The number of aliphatic carboxylic acids is 1. The second kappa shape index (κ2) is 3.61. The van der Waals surface area contributed by atoms with E-state index in [2.05, 4.69) is 4.98 Å². The molecular formula is C10H10N2O3. The molecule has 0 aliphatic heterocycles. The van der Waals surface area contributed by atoms with Gasteiger partial charge in [0.15, 0.2) is 0 Å². The number of ether oxygens (including phenoxy) is 1. The minimum Gasteiger partial charge on any atom is -0.480 e. The molecule has 5 heteroatoms. The second-order valence-electron chi connectivity index (χ2n) is 3.07. The van der Waals surface area contributed by atoms with Crippen LogP contribution in [0.4, 0.5) is 0 Å². The number of hydrogen-bond acceptors (Lipinski definition) is 3. The molecule has 0 spiro atoms. The molecule has 1 heterocycles. The molecule has 2 aromatic rings. The monoisotopic (exact) mass is 206 g/mol. The van der Waals surface area contributed by atoms with Gasteiger partial charge < -0.3 is 9.84 Å². The molecule has 0 amide bonds. The van der Waals surface area contributed by atoms with Crippen molar-refractivity contribution < 1.29 is 14.6 Å². The van der Waals surface area contributed by atoms with Gasteiger partial charge in [-0.3, -0.25) is 9.36 Å². The molecule has 0 bridgehead atoms. The number of rotatable bonds is 3. The SMILES string of the molecule is COc1nc2ccccc2n1CC(=O)O. The van der Waals surface area contributed by atoms with Crippen molar-refractivity contribution >= 4 is 17.0 Å². The van der Waals surface area contributed by atoms with E-state index in [4.69, 9.17) is 9.84 Å². The zero-order chi connectivity index (χ0) is 10.8. The summed E-state index contributed by atoms with van der Waals surface area (Å²) in [6.45, 7) is -0.149. The van der Waals surface area contributed by atoms with Crippen LogP contribution >= 0.6 is 0 Å². The molecule has 0 unspecified atom stereocenters. The molecule has 15 heavy (non-hydrogen) atoms. The first-order chi connectivity index (χ1) is 7.22. The predicted octanol–water partition coefficient (Wildman–Crippen LogP) is 1.13. The van der Waals surface area contributed by atoms with E-state index in [9.17, 15) is 4.79 Å². The van der Waals surface area contributed by atoms with Crippen LogP contribution in [0.3, 0.4) is 0 Å². The van der Waals surface area contributed by atoms with E-state index in [0.717, 1.165) is 11.0 Å². The van der Waals surface area contributed by atoms with E-state index in [0.29, 0.717) is 6.01 Å². The maximum absolute atomic E-state index is 10.7. The van der Waals surface area contributed by atoms with Crippen LogP contribution in [0.2, 0.25) is 0 Å². The van der Waals surface area contributed by atoms with Crippen molar-refractivity contribution in [3.8, 4) is 6.01 Å². The van der Waals surface area contributed by atoms with E-state index in [-0.39, 0.29) is 6.54 Å². The maximum atomic E-state index is 10.7. The quantitative estimate of drug-likeness (QED) is 0.817. The first-order valence-electron chi connectivity index (χ1n) is 4.43. The van der Waals surface area contributed by atoms with E-state index < -0.39 is 5.97 Å². The van der Waals surface area contributed by atoms with Crippen molar-refractivity contribution in [3.05, 3.63) is 24.3 Å². The average Bonchev–Trinajstić information content (AvgIpc) is 2.56. The first-order valence-corrected chi connectivity index (χ1v) is 4.43. The predicted molar refractivity (Wildman–Crippen MR) is 53.9 cm³/mol. The van der Waals surface area contributed by atoms with Crippen molar-refractivity contribution in [2.75, 3.05) is 7.11 Å². The summed E-state index contributed by atoms with van der Waals surface area (Å²) in [4.78, 5) is 14.8. The lowest BCUT2D eigenvalue weighted by Gasteiger charge is -2.03. The summed E-state index contributed by atoms with van der Waals surface area (Å²) in [5, 5.41) is 8.76. The number of hydrogen-bond donors (Lipinski definition) is 1. The van der Waals surface area contributed by atoms with Crippen LogP contribution in [0.25, 0.3) is 11.0 Å². The topological polar surface area (TPSA) is 64.4 Å². The van der Waals surface area contributed by atoms with Crippen LogP contribution in [0.1, 0.15) is 0 Å². The van der Waals surface area contributed by atoms with Gasteiger partial charge in [-0.05, 0) is 12.1 Å². The second-order valence-corrected chi connectivity index (χ2v) is 3.07. The van der Waals surface area contributed by atoms with Gasteiger partial charge in [-0.15, -0.1) is 0 Å². The molecule has 1 aromatic heterocycles. The Morgan fingerprint density at radius 1 is 1.53 bits per heavy atom. The van der Waals surface area contributed by atoms with Crippen LogP contribution in [0.5, 0.6) is 6.01 Å². The smallest absolute Gasteiger partial charge is 0.323 e. The Morgan fingerprint density at radius 3 is 2.93 bits per heavy atom. The summed E-state index contributed by atoms with van der Waals surface area (Å²) in [6, 6.07) is 7.63. The van der Waals surface area contributed by atoms with E-state index in [1.807, 2.05) is 24.3 Å². The Balaban J connectivity index is 2.61. The minimum atomic E-state index is -0.920. The number of methoxy groups -OCH3 is 1. The highest BCUT2D eigenvalue weighted by Crippen LogP contribution is 2.20. The fraction of sp³-hybridized carbons (Fsp3) is 0.200. The number of fused-ring (bicyclic) bond motifs is 1. The number of benzene rings is 1. The molecule has 2 rings (SSSR count). The molecule has 0 atom stereocenters. The Morgan fingerprint density at radius 2 is 2.27 bits per heavy atom. The third-order valence-corrected chi connectivity index (χ3v) is 2.10. The molecule has 5 nitrogen and oxygen atoms in total. The third-order valence-electron chi connectivity index (χ3n) is 2.10. The number of carboxylic acid groups (broad SMARTS) is 1. The van der Waals surface area contributed by atoms with Crippen LogP contribution in [-0.2, 0) is 11.3 Å². The van der Waals surface area contributed by atoms with Crippen molar-refractivity contribution in [2.45, 2.75) is 6.54 Å². The van der Waals surface area contributed by atoms with Crippen molar-refractivity contribution in [3.63, 3.8) is 0 Å². The van der Waals surface area contributed by atoms with Crippen LogP contribution in [0.15, 0.2) is 24.3 Å². The van der Waals surface area contributed by atoms with Gasteiger partial charge in [-0.1, -0.05) is 12.1 Å². The lowest BCUT2D eigenvalue weighted by atomic mass is 10.3. The summed E-state index contributed by atoms with van der Waals surface area (Å²) >= 11 is 0. The van der Waals surface area contributed by atoms with Crippen molar-refractivity contribution in [1.82, 2.24) is 9.55 Å². The highest BCUT2D eigenvalue weighted by atomic mass is 16.5. The van der Waals surface area contributed by atoms with Crippen LogP contribution < -0.4 is 4.74 Å². The highest BCUT2D eigenvalue weighted by molar-refractivity contribution is 5.79. The number of imidazole rings is 1. The van der Waals surface area contributed by atoms with Gasteiger partial charge in [0, 0.05) is 0 Å². The summed E-state index contributed by atoms with van der Waals surface area (Å²) in [6.07, 6.45) is 0. The average molecular weight is 206 g/mol. The maximum Gasteiger partial charge on any atom is 0.323 e. The zero-order valence-corrected chi connectivity index (χ0v) is 8.17. The minimum absolute atomic E-state index is 0.149. The van der Waals surface area contributed by atoms with Gasteiger partial charge in [0.25, 0.3) is 6.01 Å². The van der Waals surface area contributed by atoms with Crippen molar-refractivity contribution in [2.24, 2.45) is 0 Å². The van der Waals surface area contributed by atoms with E-state index in [1.165, 1.54) is 11.7 Å². The molecule has 0 saturated carbocycles. The van der Waals surface area contributed by atoms with Crippen LogP contribution in [-0.4, -0.2) is 27.7 Å². The molecule has 1 aromatic carbocycles. The molecule has 1 N–H and O–H groups in total. The van der Waals surface area contributed by atoms with E-state index in [1.54, 1.807) is 0 Å². The van der Waals surface area contributed by atoms with Gasteiger partial charge >= 0.3 is 5.97 Å². The summed E-state index contributed by atoms with van der Waals surface area (Å²) in [5.41, 5.74) is 1.49. The third kappa shape index (κ3) is 1.63. The molecule has 0 aliphatic carbocycles. The number of aromatic nitrogens is 2. The van der Waals surface area contributed by atoms with Gasteiger partial charge in [0.1, 0.15) is 6.54 Å². The Bertz CT molecular complexity index is 504. The summed E-state index contributed by atoms with van der Waals surface area (Å²) in [5.74, 6) is -0.920. The fourth-order valence-corrected chi connectivity index (χ4v) is 1.50. The Labute approximate surface area is 85.9 Å². The lowest BCUT2D eigenvalue weighted by Crippen LogP contribution is -2.09. The van der Waals surface area contributed by atoms with Crippen molar-refractivity contribution in [1.29, 1.82) is 0 Å². The zero-order valence-electron chi connectivity index (χ0n) is 8.17. The number of para-hydroxylation sites is 2. The fourth-order valence-electron chi connectivity index (χ4n) is 1.50.